The highest BCUT2D eigenvalue weighted by Crippen LogP contribution is 1.98. The summed E-state index contributed by atoms with van der Waals surface area (Å²) in [6.07, 6.45) is 5.12. The molecule has 0 radical (unpaired) electrons. The van der Waals surface area contributed by atoms with Crippen molar-refractivity contribution in [3.05, 3.63) is 0 Å². The van der Waals surface area contributed by atoms with Crippen LogP contribution in [0.25, 0.3) is 0 Å². The van der Waals surface area contributed by atoms with Crippen molar-refractivity contribution in [1.29, 1.82) is 0 Å². The lowest BCUT2D eigenvalue weighted by Gasteiger charge is -2.23. The zero-order valence-corrected chi connectivity index (χ0v) is 10.0. The molecule has 0 amide bonds. The molecule has 0 aliphatic heterocycles. The van der Waals surface area contributed by atoms with E-state index in [0.717, 1.165) is 15.6 Å². The van der Waals surface area contributed by atoms with E-state index >= 15 is 0 Å². The molecule has 0 spiro atoms. The van der Waals surface area contributed by atoms with Crippen LogP contribution in [-0.4, -0.2) is 29.7 Å². The second-order valence-electron chi connectivity index (χ2n) is 2.42. The Balaban J connectivity index is 0. The monoisotopic (exact) mass is 351 g/mol. The van der Waals surface area contributed by atoms with Gasteiger partial charge >= 0.3 is 0 Å². The van der Waals surface area contributed by atoms with E-state index in [1.54, 1.807) is 0 Å². The third-order valence-corrected chi connectivity index (χ3v) is 2.69. The standard InChI is InChI=1S/C6H11IN.HI/c1-4-5-8(2,3)6-7;/h1H,5-6H2,2-3H3;1H/q+1;/p-1. The van der Waals surface area contributed by atoms with Gasteiger partial charge in [0.1, 0.15) is 11.1 Å². The van der Waals surface area contributed by atoms with Gasteiger partial charge in [-0.2, -0.15) is 0 Å². The van der Waals surface area contributed by atoms with Crippen molar-refractivity contribution in [3.8, 4) is 12.3 Å². The van der Waals surface area contributed by atoms with Crippen LogP contribution in [-0.2, 0) is 0 Å². The van der Waals surface area contributed by atoms with Gasteiger partial charge in [-0.15, -0.1) is 6.42 Å². The lowest BCUT2D eigenvalue weighted by molar-refractivity contribution is -0.866. The third kappa shape index (κ3) is 6.87. The van der Waals surface area contributed by atoms with E-state index in [2.05, 4.69) is 42.6 Å². The minimum atomic E-state index is 0. The Morgan fingerprint density at radius 1 is 1.56 bits per heavy atom. The van der Waals surface area contributed by atoms with Gasteiger partial charge < -0.3 is 28.5 Å². The molecule has 3 heteroatoms. The molecular formula is C6H11I2N. The average molecular weight is 351 g/mol. The van der Waals surface area contributed by atoms with E-state index in [1.165, 1.54) is 0 Å². The van der Waals surface area contributed by atoms with E-state index in [1.807, 2.05) is 0 Å². The summed E-state index contributed by atoms with van der Waals surface area (Å²) < 4.78 is 1.99. The lowest BCUT2D eigenvalue weighted by atomic mass is 10.5. The first-order valence-electron chi connectivity index (χ1n) is 2.44. The van der Waals surface area contributed by atoms with Crippen molar-refractivity contribution < 1.29 is 28.5 Å². The molecule has 0 aromatic rings. The van der Waals surface area contributed by atoms with Crippen molar-refractivity contribution in [2.24, 2.45) is 0 Å². The van der Waals surface area contributed by atoms with Crippen LogP contribution in [0.1, 0.15) is 0 Å². The summed E-state index contributed by atoms with van der Waals surface area (Å²) in [6, 6.07) is 0. The van der Waals surface area contributed by atoms with E-state index in [-0.39, 0.29) is 24.0 Å². The Hall–Kier alpha value is 0.980. The van der Waals surface area contributed by atoms with Gasteiger partial charge in [-0.1, -0.05) is 0 Å². The molecule has 0 bridgehead atoms. The predicted molar refractivity (Wildman–Crippen MR) is 44.7 cm³/mol. The van der Waals surface area contributed by atoms with Crippen LogP contribution in [0.3, 0.4) is 0 Å². The number of nitrogens with zero attached hydrogens (tertiary/aromatic N) is 1. The molecule has 0 fully saturated rings. The highest BCUT2D eigenvalue weighted by Gasteiger charge is 2.08. The van der Waals surface area contributed by atoms with Crippen molar-refractivity contribution in [2.45, 2.75) is 0 Å². The number of terminal acetylenes is 1. The van der Waals surface area contributed by atoms with Gasteiger partial charge in [0.25, 0.3) is 0 Å². The molecule has 0 aromatic carbocycles. The topological polar surface area (TPSA) is 0 Å². The van der Waals surface area contributed by atoms with Crippen LogP contribution in [0.15, 0.2) is 0 Å². The van der Waals surface area contributed by atoms with Crippen LogP contribution in [0.5, 0.6) is 0 Å². The molecule has 0 aliphatic carbocycles. The molecule has 9 heavy (non-hydrogen) atoms. The first-order chi connectivity index (χ1) is 3.62. The van der Waals surface area contributed by atoms with Gasteiger partial charge in [-0.25, -0.2) is 0 Å². The summed E-state index contributed by atoms with van der Waals surface area (Å²) in [6.45, 7) is 0.822. The van der Waals surface area contributed by atoms with E-state index in [0.29, 0.717) is 0 Å². The Labute approximate surface area is 87.9 Å². The Morgan fingerprint density at radius 2 is 2.00 bits per heavy atom. The predicted octanol–water partition coefficient (Wildman–Crippen LogP) is -1.91. The SMILES string of the molecule is C#CC[N+](C)(C)CI.[I-]. The number of quaternary nitrogens is 1. The van der Waals surface area contributed by atoms with Gasteiger partial charge in [0.15, 0.2) is 0 Å². The zero-order valence-electron chi connectivity index (χ0n) is 5.69. The molecule has 0 saturated heterocycles. The number of halogens is 2. The van der Waals surface area contributed by atoms with Crippen molar-refractivity contribution in [3.63, 3.8) is 0 Å². The van der Waals surface area contributed by atoms with E-state index in [4.69, 9.17) is 6.42 Å². The molecule has 0 rings (SSSR count). The second kappa shape index (κ2) is 5.74. The Bertz CT molecular complexity index is 104. The number of alkyl halides is 1. The first-order valence-corrected chi connectivity index (χ1v) is 3.96. The van der Waals surface area contributed by atoms with Crippen LogP contribution in [0.4, 0.5) is 0 Å². The largest absolute Gasteiger partial charge is 1.00 e. The molecule has 54 valence electrons. The summed E-state index contributed by atoms with van der Waals surface area (Å²) in [7, 11) is 4.23. The average Bonchev–Trinajstić information content (AvgIpc) is 1.67. The summed E-state index contributed by atoms with van der Waals surface area (Å²) in [5.41, 5.74) is 0. The van der Waals surface area contributed by atoms with Gasteiger partial charge in [0.2, 0.25) is 0 Å². The minimum Gasteiger partial charge on any atom is -1.00 e. The summed E-state index contributed by atoms with van der Waals surface area (Å²) in [4.78, 5) is 0. The molecule has 0 saturated carbocycles. The first kappa shape index (κ1) is 12.6. The fraction of sp³-hybridized carbons (Fsp3) is 0.667. The van der Waals surface area contributed by atoms with E-state index < -0.39 is 0 Å². The van der Waals surface area contributed by atoms with Gasteiger partial charge in [-0.05, 0) is 28.5 Å². The van der Waals surface area contributed by atoms with Gasteiger partial charge in [0.05, 0.1) is 14.1 Å². The number of hydrogen-bond donors (Lipinski definition) is 0. The Morgan fingerprint density at radius 3 is 2.11 bits per heavy atom. The van der Waals surface area contributed by atoms with Crippen molar-refractivity contribution >= 4 is 22.6 Å². The highest BCUT2D eigenvalue weighted by molar-refractivity contribution is 14.1. The normalized spacial score (nSPS) is 9.56. The van der Waals surface area contributed by atoms with Gasteiger partial charge in [-0.3, -0.25) is 0 Å². The lowest BCUT2D eigenvalue weighted by Crippen LogP contribution is -3.00. The Kier molecular flexibility index (Phi) is 8.06. The molecular weight excluding hydrogens is 340 g/mol. The van der Waals surface area contributed by atoms with Gasteiger partial charge in [0, 0.05) is 0 Å². The molecule has 0 aliphatic rings. The molecule has 1 nitrogen and oxygen atoms in total. The van der Waals surface area contributed by atoms with Crippen LogP contribution in [0, 0.1) is 12.3 Å². The number of rotatable bonds is 2. The fourth-order valence-electron chi connectivity index (χ4n) is 0.289. The summed E-state index contributed by atoms with van der Waals surface area (Å²) >= 11 is 2.33. The molecule has 0 atom stereocenters. The fourth-order valence-corrected chi connectivity index (χ4v) is 0.531. The van der Waals surface area contributed by atoms with Crippen LogP contribution < -0.4 is 24.0 Å². The zero-order chi connectivity index (χ0) is 6.62. The van der Waals surface area contributed by atoms with Crippen molar-refractivity contribution in [2.75, 3.05) is 25.2 Å². The van der Waals surface area contributed by atoms with Crippen LogP contribution >= 0.6 is 22.6 Å². The smallest absolute Gasteiger partial charge is 0.140 e. The molecule has 0 unspecified atom stereocenters. The maximum Gasteiger partial charge on any atom is 0.140 e. The summed E-state index contributed by atoms with van der Waals surface area (Å²) in [5.74, 6) is 2.63. The van der Waals surface area contributed by atoms with E-state index in [9.17, 15) is 0 Å². The highest BCUT2D eigenvalue weighted by atomic mass is 127. The third-order valence-electron chi connectivity index (χ3n) is 0.843. The maximum absolute atomic E-state index is 5.12. The summed E-state index contributed by atoms with van der Waals surface area (Å²) in [5, 5.41) is 0. The van der Waals surface area contributed by atoms with Crippen molar-refractivity contribution in [1.82, 2.24) is 0 Å². The second-order valence-corrected chi connectivity index (χ2v) is 3.10. The molecule has 0 N–H and O–H groups in total. The van der Waals surface area contributed by atoms with Crippen LogP contribution in [0.2, 0.25) is 0 Å². The quantitative estimate of drug-likeness (QED) is 0.179. The molecule has 0 aromatic heterocycles. The maximum atomic E-state index is 5.12. The molecule has 0 heterocycles. The minimum absolute atomic E-state index is 0. The number of hydrogen-bond acceptors (Lipinski definition) is 0.